The fourth-order valence-electron chi connectivity index (χ4n) is 3.65. The molecule has 0 aromatic carbocycles. The van der Waals surface area contributed by atoms with Gasteiger partial charge in [-0.25, -0.2) is 0 Å². The summed E-state index contributed by atoms with van der Waals surface area (Å²) in [5.74, 6) is -1.35. The van der Waals surface area contributed by atoms with Gasteiger partial charge in [0.1, 0.15) is 0 Å². The molecule has 3 unspecified atom stereocenters. The van der Waals surface area contributed by atoms with Crippen molar-refractivity contribution in [3.63, 3.8) is 0 Å². The molecule has 2 aliphatic carbocycles. The van der Waals surface area contributed by atoms with Gasteiger partial charge in [-0.15, -0.1) is 0 Å². The molecule has 5 atom stereocenters. The first-order valence-corrected chi connectivity index (χ1v) is 8.86. The summed E-state index contributed by atoms with van der Waals surface area (Å²) in [6.45, 7) is 2.04. The molecule has 0 aliphatic heterocycles. The summed E-state index contributed by atoms with van der Waals surface area (Å²) in [5, 5.41) is 13.0. The van der Waals surface area contributed by atoms with Gasteiger partial charge >= 0.3 is 5.97 Å². The van der Waals surface area contributed by atoms with Crippen LogP contribution < -0.4 is 5.32 Å². The summed E-state index contributed by atoms with van der Waals surface area (Å²) in [5.41, 5.74) is 0. The lowest BCUT2D eigenvalue weighted by atomic mass is 9.92. The van der Waals surface area contributed by atoms with Gasteiger partial charge < -0.3 is 10.4 Å². The number of nitrogens with one attached hydrogen (secondary N) is 1. The van der Waals surface area contributed by atoms with E-state index in [0.717, 1.165) is 19.3 Å². The van der Waals surface area contributed by atoms with Gasteiger partial charge in [-0.05, 0) is 44.3 Å². The van der Waals surface area contributed by atoms with Crippen LogP contribution >= 0.6 is 11.8 Å². The quantitative estimate of drug-likeness (QED) is 0.837. The molecule has 0 saturated heterocycles. The highest BCUT2D eigenvalue weighted by Crippen LogP contribution is 2.37. The molecule has 114 valence electrons. The zero-order chi connectivity index (χ0) is 14.7. The molecule has 0 bridgehead atoms. The second kappa shape index (κ2) is 6.83. The minimum atomic E-state index is -0.819. The van der Waals surface area contributed by atoms with Crippen molar-refractivity contribution >= 4 is 23.6 Å². The van der Waals surface area contributed by atoms with Gasteiger partial charge in [0.25, 0.3) is 0 Å². The maximum atomic E-state index is 12.4. The molecule has 5 heteroatoms. The Balaban J connectivity index is 1.92. The summed E-state index contributed by atoms with van der Waals surface area (Å²) in [6.07, 6.45) is 7.89. The van der Waals surface area contributed by atoms with Crippen LogP contribution in [0.25, 0.3) is 0 Å². The molecule has 0 heterocycles. The van der Waals surface area contributed by atoms with Gasteiger partial charge in [-0.2, -0.15) is 11.8 Å². The van der Waals surface area contributed by atoms with Gasteiger partial charge in [0.05, 0.1) is 11.8 Å². The third kappa shape index (κ3) is 3.68. The Bertz CT molecular complexity index is 374. The van der Waals surface area contributed by atoms with Crippen LogP contribution in [0.4, 0.5) is 0 Å². The van der Waals surface area contributed by atoms with Gasteiger partial charge in [0.2, 0.25) is 5.91 Å². The van der Waals surface area contributed by atoms with Crippen LogP contribution in [0.1, 0.15) is 45.4 Å². The molecule has 0 aromatic rings. The van der Waals surface area contributed by atoms with E-state index in [-0.39, 0.29) is 17.9 Å². The molecular formula is C15H25NO3S. The van der Waals surface area contributed by atoms with E-state index in [0.29, 0.717) is 24.0 Å². The van der Waals surface area contributed by atoms with Crippen LogP contribution in [-0.4, -0.2) is 34.5 Å². The van der Waals surface area contributed by atoms with Crippen LogP contribution in [0.15, 0.2) is 0 Å². The predicted octanol–water partition coefficient (Wildman–Crippen LogP) is 2.52. The number of carboxylic acids is 1. The number of thioether (sulfide) groups is 1. The van der Waals surface area contributed by atoms with Crippen LogP contribution in [-0.2, 0) is 9.59 Å². The second-order valence-corrected chi connectivity index (χ2v) is 7.50. The van der Waals surface area contributed by atoms with E-state index < -0.39 is 11.9 Å². The average Bonchev–Trinajstić information content (AvgIpc) is 2.81. The van der Waals surface area contributed by atoms with E-state index >= 15 is 0 Å². The number of carboxylic acid groups (broad SMARTS) is 1. The molecule has 2 fully saturated rings. The number of hydrogen-bond acceptors (Lipinski definition) is 3. The first-order valence-electron chi connectivity index (χ1n) is 7.57. The number of aliphatic carboxylic acids is 1. The molecule has 2 saturated carbocycles. The topological polar surface area (TPSA) is 66.4 Å². The van der Waals surface area contributed by atoms with Gasteiger partial charge in [-0.1, -0.05) is 13.3 Å². The first-order chi connectivity index (χ1) is 9.51. The molecule has 1 amide bonds. The van der Waals surface area contributed by atoms with Crippen molar-refractivity contribution in [1.82, 2.24) is 5.32 Å². The highest BCUT2D eigenvalue weighted by atomic mass is 32.2. The average molecular weight is 299 g/mol. The highest BCUT2D eigenvalue weighted by Gasteiger charge is 2.41. The zero-order valence-electron chi connectivity index (χ0n) is 12.3. The summed E-state index contributed by atoms with van der Waals surface area (Å²) in [6, 6.07) is 0.235. The summed E-state index contributed by atoms with van der Waals surface area (Å²) in [7, 11) is 0. The maximum absolute atomic E-state index is 12.4. The number of hydrogen-bond donors (Lipinski definition) is 2. The Morgan fingerprint density at radius 1 is 1.15 bits per heavy atom. The molecule has 20 heavy (non-hydrogen) atoms. The standard InChI is InChI=1S/C15H25NO3S/c1-9-6-12(13(7-9)15(18)19)14(17)16-10-4-3-5-11(8-10)20-2/h9-13H,3-8H2,1-2H3,(H,16,17)(H,18,19)/t9?,10?,11?,12-,13+/m0/s1. The Morgan fingerprint density at radius 3 is 2.50 bits per heavy atom. The summed E-state index contributed by atoms with van der Waals surface area (Å²) in [4.78, 5) is 23.7. The Labute approximate surface area is 125 Å². The predicted molar refractivity (Wildman–Crippen MR) is 80.7 cm³/mol. The van der Waals surface area contributed by atoms with Crippen molar-refractivity contribution in [2.45, 2.75) is 56.7 Å². The third-order valence-electron chi connectivity index (χ3n) is 4.76. The van der Waals surface area contributed by atoms with Gasteiger partial charge in [-0.3, -0.25) is 9.59 Å². The Hall–Kier alpha value is -0.710. The van der Waals surface area contributed by atoms with E-state index in [1.807, 2.05) is 18.7 Å². The van der Waals surface area contributed by atoms with E-state index in [4.69, 9.17) is 0 Å². The van der Waals surface area contributed by atoms with Crippen molar-refractivity contribution in [2.24, 2.45) is 17.8 Å². The lowest BCUT2D eigenvalue weighted by Gasteiger charge is -2.30. The molecular weight excluding hydrogens is 274 g/mol. The molecule has 2 N–H and O–H groups in total. The van der Waals surface area contributed by atoms with Crippen LogP contribution in [0.5, 0.6) is 0 Å². The minimum absolute atomic E-state index is 0.0338. The minimum Gasteiger partial charge on any atom is -0.481 e. The van der Waals surface area contributed by atoms with E-state index in [1.165, 1.54) is 6.42 Å². The Kier molecular flexibility index (Phi) is 5.35. The van der Waals surface area contributed by atoms with E-state index in [1.54, 1.807) is 0 Å². The van der Waals surface area contributed by atoms with Crippen molar-refractivity contribution in [3.05, 3.63) is 0 Å². The second-order valence-electron chi connectivity index (χ2n) is 6.36. The molecule has 2 aliphatic rings. The monoisotopic (exact) mass is 299 g/mol. The Morgan fingerprint density at radius 2 is 1.85 bits per heavy atom. The van der Waals surface area contributed by atoms with Gasteiger partial charge in [0, 0.05) is 11.3 Å². The lowest BCUT2D eigenvalue weighted by molar-refractivity contribution is -0.146. The molecule has 0 aromatic heterocycles. The first kappa shape index (κ1) is 15.7. The van der Waals surface area contributed by atoms with Crippen molar-refractivity contribution in [2.75, 3.05) is 6.26 Å². The van der Waals surface area contributed by atoms with E-state index in [9.17, 15) is 14.7 Å². The number of amides is 1. The normalized spacial score (nSPS) is 37.6. The SMILES string of the molecule is CSC1CCCC(NC(=O)[C@H]2CC(C)C[C@H]2C(=O)O)C1. The smallest absolute Gasteiger partial charge is 0.307 e. The number of carbonyl (C=O) groups is 2. The van der Waals surface area contributed by atoms with Crippen molar-refractivity contribution in [3.8, 4) is 0 Å². The van der Waals surface area contributed by atoms with Crippen LogP contribution in [0, 0.1) is 17.8 Å². The maximum Gasteiger partial charge on any atom is 0.307 e. The zero-order valence-corrected chi connectivity index (χ0v) is 13.1. The molecule has 4 nitrogen and oxygen atoms in total. The van der Waals surface area contributed by atoms with Gasteiger partial charge in [0.15, 0.2) is 0 Å². The fraction of sp³-hybridized carbons (Fsp3) is 0.867. The highest BCUT2D eigenvalue weighted by molar-refractivity contribution is 7.99. The fourth-order valence-corrected chi connectivity index (χ4v) is 4.48. The molecule has 0 radical (unpaired) electrons. The van der Waals surface area contributed by atoms with Crippen LogP contribution in [0.2, 0.25) is 0 Å². The number of carbonyl (C=O) groups excluding carboxylic acids is 1. The summed E-state index contributed by atoms with van der Waals surface area (Å²) < 4.78 is 0. The van der Waals surface area contributed by atoms with Crippen LogP contribution in [0.3, 0.4) is 0 Å². The molecule has 2 rings (SSSR count). The van der Waals surface area contributed by atoms with Crippen molar-refractivity contribution in [1.29, 1.82) is 0 Å². The summed E-state index contributed by atoms with van der Waals surface area (Å²) >= 11 is 1.87. The molecule has 0 spiro atoms. The lowest BCUT2D eigenvalue weighted by Crippen LogP contribution is -2.43. The van der Waals surface area contributed by atoms with Crippen molar-refractivity contribution < 1.29 is 14.7 Å². The third-order valence-corrected chi connectivity index (χ3v) is 5.85. The largest absolute Gasteiger partial charge is 0.481 e. The van der Waals surface area contributed by atoms with E-state index in [2.05, 4.69) is 11.6 Å². The number of rotatable bonds is 4.